The molecule has 1 amide bonds. The molecule has 0 aliphatic heterocycles. The third kappa shape index (κ3) is 6.34. The van der Waals surface area contributed by atoms with Crippen molar-refractivity contribution in [2.45, 2.75) is 46.2 Å². The van der Waals surface area contributed by atoms with Crippen LogP contribution in [-0.2, 0) is 11.3 Å². The summed E-state index contributed by atoms with van der Waals surface area (Å²) in [6.07, 6.45) is 3.25. The number of hydrogen-bond acceptors (Lipinski definition) is 3. The van der Waals surface area contributed by atoms with Gasteiger partial charge in [0.15, 0.2) is 0 Å². The van der Waals surface area contributed by atoms with E-state index < -0.39 is 0 Å². The number of nitrogens with zero attached hydrogens (tertiary/aromatic N) is 2. The van der Waals surface area contributed by atoms with Gasteiger partial charge in [-0.3, -0.25) is 9.78 Å². The maximum Gasteiger partial charge on any atom is 0.222 e. The molecule has 0 saturated heterocycles. The lowest BCUT2D eigenvalue weighted by Crippen LogP contribution is -2.31. The average Bonchev–Trinajstić information content (AvgIpc) is 2.41. The zero-order valence-corrected chi connectivity index (χ0v) is 12.2. The normalized spacial score (nSPS) is 10.7. The number of nitrogens with one attached hydrogen (secondary N) is 1. The van der Waals surface area contributed by atoms with Gasteiger partial charge in [0.2, 0.25) is 5.91 Å². The van der Waals surface area contributed by atoms with E-state index >= 15 is 0 Å². The molecule has 106 valence electrons. The number of carbonyl (C=O) groups is 1. The second-order valence-electron chi connectivity index (χ2n) is 4.94. The minimum absolute atomic E-state index is 0.207. The van der Waals surface area contributed by atoms with Crippen LogP contribution in [0.25, 0.3) is 0 Å². The van der Waals surface area contributed by atoms with Crippen LogP contribution in [0.3, 0.4) is 0 Å². The molecule has 1 N–H and O–H groups in total. The van der Waals surface area contributed by atoms with Gasteiger partial charge in [-0.2, -0.15) is 0 Å². The number of carbonyl (C=O) groups excluding carboxylic acids is 1. The summed E-state index contributed by atoms with van der Waals surface area (Å²) in [7, 11) is 0. The van der Waals surface area contributed by atoms with E-state index in [0.717, 1.165) is 25.2 Å². The van der Waals surface area contributed by atoms with Crippen LogP contribution in [0.5, 0.6) is 0 Å². The summed E-state index contributed by atoms with van der Waals surface area (Å²) in [5.41, 5.74) is 0.943. The molecule has 0 aromatic carbocycles. The highest BCUT2D eigenvalue weighted by Crippen LogP contribution is 2.04. The maximum atomic E-state index is 12.1. The summed E-state index contributed by atoms with van der Waals surface area (Å²) in [4.78, 5) is 18.2. The van der Waals surface area contributed by atoms with Crippen molar-refractivity contribution in [1.29, 1.82) is 0 Å². The van der Waals surface area contributed by atoms with Gasteiger partial charge in [-0.1, -0.05) is 19.9 Å². The SMILES string of the molecule is CCN(Cc1ccccn1)C(=O)CCCNC(C)C. The minimum Gasteiger partial charge on any atom is -0.337 e. The zero-order chi connectivity index (χ0) is 14.1. The van der Waals surface area contributed by atoms with Crippen molar-refractivity contribution in [3.63, 3.8) is 0 Å². The molecular formula is C15H25N3O. The van der Waals surface area contributed by atoms with Crippen molar-refractivity contribution in [2.75, 3.05) is 13.1 Å². The van der Waals surface area contributed by atoms with Crippen LogP contribution < -0.4 is 5.32 Å². The van der Waals surface area contributed by atoms with Crippen LogP contribution >= 0.6 is 0 Å². The minimum atomic E-state index is 0.207. The maximum absolute atomic E-state index is 12.1. The smallest absolute Gasteiger partial charge is 0.222 e. The van der Waals surface area contributed by atoms with Crippen molar-refractivity contribution in [2.24, 2.45) is 0 Å². The fraction of sp³-hybridized carbons (Fsp3) is 0.600. The third-order valence-corrected chi connectivity index (χ3v) is 2.93. The lowest BCUT2D eigenvalue weighted by Gasteiger charge is -2.20. The molecule has 0 atom stereocenters. The van der Waals surface area contributed by atoms with Crippen LogP contribution in [0.2, 0.25) is 0 Å². The Morgan fingerprint density at radius 1 is 1.42 bits per heavy atom. The summed E-state index contributed by atoms with van der Waals surface area (Å²) >= 11 is 0. The molecule has 4 heteroatoms. The first-order chi connectivity index (χ1) is 9.13. The first-order valence-electron chi connectivity index (χ1n) is 7.04. The Morgan fingerprint density at radius 3 is 2.79 bits per heavy atom. The van der Waals surface area contributed by atoms with Crippen LogP contribution in [0.1, 0.15) is 39.3 Å². The van der Waals surface area contributed by atoms with Crippen molar-refractivity contribution < 1.29 is 4.79 Å². The van der Waals surface area contributed by atoms with Crippen molar-refractivity contribution in [3.05, 3.63) is 30.1 Å². The number of pyridine rings is 1. The van der Waals surface area contributed by atoms with E-state index in [1.807, 2.05) is 30.0 Å². The molecule has 1 rings (SSSR count). The van der Waals surface area contributed by atoms with Crippen LogP contribution in [0, 0.1) is 0 Å². The summed E-state index contributed by atoms with van der Waals surface area (Å²) in [5, 5.41) is 3.32. The molecule has 0 aliphatic rings. The molecule has 1 heterocycles. The standard InChI is InChI=1S/C15H25N3O/c1-4-18(12-14-8-5-6-10-17-14)15(19)9-7-11-16-13(2)3/h5-6,8,10,13,16H,4,7,9,11-12H2,1-3H3. The molecule has 0 aliphatic carbocycles. The largest absolute Gasteiger partial charge is 0.337 e. The molecule has 0 spiro atoms. The van der Waals surface area contributed by atoms with E-state index in [9.17, 15) is 4.79 Å². The zero-order valence-electron chi connectivity index (χ0n) is 12.2. The second-order valence-corrected chi connectivity index (χ2v) is 4.94. The van der Waals surface area contributed by atoms with Crippen LogP contribution in [0.15, 0.2) is 24.4 Å². The van der Waals surface area contributed by atoms with Gasteiger partial charge in [0.1, 0.15) is 0 Å². The van der Waals surface area contributed by atoms with Crippen molar-refractivity contribution >= 4 is 5.91 Å². The Balaban J connectivity index is 2.35. The summed E-state index contributed by atoms with van der Waals surface area (Å²) < 4.78 is 0. The molecule has 19 heavy (non-hydrogen) atoms. The monoisotopic (exact) mass is 263 g/mol. The third-order valence-electron chi connectivity index (χ3n) is 2.93. The highest BCUT2D eigenvalue weighted by Gasteiger charge is 2.12. The van der Waals surface area contributed by atoms with E-state index in [1.54, 1.807) is 6.20 Å². The first-order valence-corrected chi connectivity index (χ1v) is 7.04. The summed E-state index contributed by atoms with van der Waals surface area (Å²) in [6.45, 7) is 8.46. The van der Waals surface area contributed by atoms with Gasteiger partial charge < -0.3 is 10.2 Å². The predicted octanol–water partition coefficient (Wildman–Crippen LogP) is 2.21. The van der Waals surface area contributed by atoms with Gasteiger partial charge in [-0.05, 0) is 32.0 Å². The Morgan fingerprint density at radius 2 is 2.21 bits per heavy atom. The summed E-state index contributed by atoms with van der Waals surface area (Å²) in [6, 6.07) is 6.27. The van der Waals surface area contributed by atoms with Crippen LogP contribution in [0.4, 0.5) is 0 Å². The van der Waals surface area contributed by atoms with E-state index in [0.29, 0.717) is 19.0 Å². The molecule has 0 fully saturated rings. The number of amides is 1. The fourth-order valence-electron chi connectivity index (χ4n) is 1.85. The van der Waals surface area contributed by atoms with Crippen LogP contribution in [-0.4, -0.2) is 34.9 Å². The number of aromatic nitrogens is 1. The molecule has 0 saturated carbocycles. The van der Waals surface area contributed by atoms with Gasteiger partial charge in [0.25, 0.3) is 0 Å². The van der Waals surface area contributed by atoms with Crippen molar-refractivity contribution in [3.8, 4) is 0 Å². The first kappa shape index (κ1) is 15.6. The Bertz CT molecular complexity index is 365. The summed E-state index contributed by atoms with van der Waals surface area (Å²) in [5.74, 6) is 0.207. The highest BCUT2D eigenvalue weighted by atomic mass is 16.2. The van der Waals surface area contributed by atoms with Gasteiger partial charge in [0.05, 0.1) is 12.2 Å². The molecule has 0 radical (unpaired) electrons. The average molecular weight is 263 g/mol. The Hall–Kier alpha value is -1.42. The van der Waals surface area contributed by atoms with E-state index in [1.165, 1.54) is 0 Å². The lowest BCUT2D eigenvalue weighted by molar-refractivity contribution is -0.131. The predicted molar refractivity (Wildman–Crippen MR) is 77.7 cm³/mol. The molecule has 4 nitrogen and oxygen atoms in total. The van der Waals surface area contributed by atoms with E-state index in [2.05, 4.69) is 24.1 Å². The molecule has 1 aromatic rings. The lowest BCUT2D eigenvalue weighted by atomic mass is 10.2. The molecule has 1 aromatic heterocycles. The van der Waals surface area contributed by atoms with Crippen molar-refractivity contribution in [1.82, 2.24) is 15.2 Å². The Kier molecular flexibility index (Phi) is 7.11. The topological polar surface area (TPSA) is 45.2 Å². The number of rotatable bonds is 8. The highest BCUT2D eigenvalue weighted by molar-refractivity contribution is 5.76. The molecule has 0 bridgehead atoms. The van der Waals surface area contributed by atoms with Gasteiger partial charge >= 0.3 is 0 Å². The fourth-order valence-corrected chi connectivity index (χ4v) is 1.85. The van der Waals surface area contributed by atoms with Gasteiger partial charge in [-0.25, -0.2) is 0 Å². The second kappa shape index (κ2) is 8.64. The quantitative estimate of drug-likeness (QED) is 0.731. The van der Waals surface area contributed by atoms with E-state index in [-0.39, 0.29) is 5.91 Å². The van der Waals surface area contributed by atoms with Gasteiger partial charge in [0, 0.05) is 25.2 Å². The van der Waals surface area contributed by atoms with Gasteiger partial charge in [-0.15, -0.1) is 0 Å². The van der Waals surface area contributed by atoms with E-state index in [4.69, 9.17) is 0 Å². The number of hydrogen-bond donors (Lipinski definition) is 1. The Labute approximate surface area is 116 Å². The molecular weight excluding hydrogens is 238 g/mol. The molecule has 0 unspecified atom stereocenters.